The summed E-state index contributed by atoms with van der Waals surface area (Å²) in [5, 5.41) is 2.47. The molecule has 0 unspecified atom stereocenters. The Morgan fingerprint density at radius 1 is 0.353 bits per heavy atom. The molecule has 2 nitrogen and oxygen atoms in total. The first-order valence-electron chi connectivity index (χ1n) is 17.5. The second-order valence-corrected chi connectivity index (χ2v) is 13.1. The number of aryl methyl sites for hydroxylation is 1. The molecule has 1 heterocycles. The van der Waals surface area contributed by atoms with Crippen molar-refractivity contribution >= 4 is 38.9 Å². The maximum absolute atomic E-state index is 2.45. The minimum Gasteiger partial charge on any atom is -0.310 e. The number of fused-ring (bicyclic) bond motifs is 3. The molecule has 0 amide bonds. The number of benzene rings is 8. The monoisotopic (exact) mass is 652 g/mol. The molecule has 0 aliphatic carbocycles. The van der Waals surface area contributed by atoms with Gasteiger partial charge in [-0.25, -0.2) is 0 Å². The van der Waals surface area contributed by atoms with E-state index in [1.807, 2.05) is 0 Å². The molecule has 51 heavy (non-hydrogen) atoms. The highest BCUT2D eigenvalue weighted by Crippen LogP contribution is 2.42. The van der Waals surface area contributed by atoms with Crippen LogP contribution >= 0.6 is 0 Å². The maximum Gasteiger partial charge on any atom is 0.0562 e. The summed E-state index contributed by atoms with van der Waals surface area (Å²) in [6, 6.07) is 72.3. The van der Waals surface area contributed by atoms with E-state index in [2.05, 4.69) is 217 Å². The zero-order valence-corrected chi connectivity index (χ0v) is 28.4. The van der Waals surface area contributed by atoms with Crippen LogP contribution in [0.1, 0.15) is 5.56 Å². The molecule has 242 valence electrons. The number of para-hydroxylation sites is 2. The molecule has 0 fully saturated rings. The van der Waals surface area contributed by atoms with Crippen molar-refractivity contribution in [2.45, 2.75) is 6.92 Å². The number of aromatic nitrogens is 1. The lowest BCUT2D eigenvalue weighted by Gasteiger charge is -2.26. The second kappa shape index (κ2) is 13.0. The number of rotatable bonds is 7. The topological polar surface area (TPSA) is 8.17 Å². The summed E-state index contributed by atoms with van der Waals surface area (Å²) >= 11 is 0. The third-order valence-electron chi connectivity index (χ3n) is 9.85. The minimum absolute atomic E-state index is 1.10. The van der Waals surface area contributed by atoms with E-state index in [0.29, 0.717) is 0 Å². The summed E-state index contributed by atoms with van der Waals surface area (Å²) in [6.45, 7) is 2.16. The van der Waals surface area contributed by atoms with Crippen LogP contribution in [0, 0.1) is 6.92 Å². The molecular weight excluding hydrogens is 617 g/mol. The lowest BCUT2D eigenvalue weighted by Crippen LogP contribution is -2.10. The average Bonchev–Trinajstić information content (AvgIpc) is 3.53. The Morgan fingerprint density at radius 2 is 0.863 bits per heavy atom. The molecule has 0 radical (unpaired) electrons. The van der Waals surface area contributed by atoms with Gasteiger partial charge in [-0.15, -0.1) is 0 Å². The van der Waals surface area contributed by atoms with Gasteiger partial charge in [0.15, 0.2) is 0 Å². The fourth-order valence-corrected chi connectivity index (χ4v) is 7.40. The Labute approximate surface area is 299 Å². The molecule has 0 N–H and O–H groups in total. The average molecular weight is 653 g/mol. The predicted octanol–water partition coefficient (Wildman–Crippen LogP) is 13.6. The molecule has 0 aliphatic heterocycles. The van der Waals surface area contributed by atoms with Crippen LogP contribution in [0.4, 0.5) is 17.1 Å². The van der Waals surface area contributed by atoms with Crippen molar-refractivity contribution in [3.8, 4) is 39.1 Å². The van der Waals surface area contributed by atoms with Crippen molar-refractivity contribution in [3.63, 3.8) is 0 Å². The molecule has 8 aromatic carbocycles. The lowest BCUT2D eigenvalue weighted by molar-refractivity contribution is 1.18. The van der Waals surface area contributed by atoms with E-state index in [4.69, 9.17) is 0 Å². The summed E-state index contributed by atoms with van der Waals surface area (Å²) in [5.41, 5.74) is 15.3. The Hall–Kier alpha value is -6.64. The van der Waals surface area contributed by atoms with Gasteiger partial charge in [0.25, 0.3) is 0 Å². The van der Waals surface area contributed by atoms with Gasteiger partial charge < -0.3 is 9.47 Å². The highest BCUT2D eigenvalue weighted by molar-refractivity contribution is 6.11. The van der Waals surface area contributed by atoms with Crippen LogP contribution in [0.5, 0.6) is 0 Å². The van der Waals surface area contributed by atoms with Gasteiger partial charge in [0.2, 0.25) is 0 Å². The van der Waals surface area contributed by atoms with Gasteiger partial charge in [-0.2, -0.15) is 0 Å². The third-order valence-corrected chi connectivity index (χ3v) is 9.85. The Balaban J connectivity index is 1.24. The largest absolute Gasteiger partial charge is 0.310 e. The number of nitrogens with zero attached hydrogens (tertiary/aromatic N) is 2. The smallest absolute Gasteiger partial charge is 0.0562 e. The van der Waals surface area contributed by atoms with E-state index >= 15 is 0 Å². The van der Waals surface area contributed by atoms with Crippen LogP contribution < -0.4 is 4.90 Å². The maximum atomic E-state index is 2.45. The predicted molar refractivity (Wildman–Crippen MR) is 217 cm³/mol. The van der Waals surface area contributed by atoms with Gasteiger partial charge in [-0.1, -0.05) is 157 Å². The number of anilines is 3. The van der Waals surface area contributed by atoms with Crippen LogP contribution in [0.25, 0.3) is 60.9 Å². The van der Waals surface area contributed by atoms with E-state index in [0.717, 1.165) is 22.7 Å². The second-order valence-electron chi connectivity index (χ2n) is 13.1. The van der Waals surface area contributed by atoms with Gasteiger partial charge in [-0.3, -0.25) is 0 Å². The molecular formula is C49H36N2. The summed E-state index contributed by atoms with van der Waals surface area (Å²) < 4.78 is 2.45. The van der Waals surface area contributed by atoms with Gasteiger partial charge in [0, 0.05) is 33.4 Å². The molecule has 0 saturated carbocycles. The first-order chi connectivity index (χ1) is 25.2. The van der Waals surface area contributed by atoms with Crippen molar-refractivity contribution in [2.75, 3.05) is 4.90 Å². The number of hydrogen-bond donors (Lipinski definition) is 0. The third kappa shape index (κ3) is 5.67. The molecule has 2 heteroatoms. The molecule has 0 atom stereocenters. The van der Waals surface area contributed by atoms with E-state index in [1.54, 1.807) is 0 Å². The fraction of sp³-hybridized carbons (Fsp3) is 0.0204. The highest BCUT2D eigenvalue weighted by Gasteiger charge is 2.19. The summed E-state index contributed by atoms with van der Waals surface area (Å²) in [7, 11) is 0. The van der Waals surface area contributed by atoms with Gasteiger partial charge >= 0.3 is 0 Å². The first-order valence-corrected chi connectivity index (χ1v) is 17.5. The minimum atomic E-state index is 1.10. The molecule has 0 spiro atoms. The number of hydrogen-bond acceptors (Lipinski definition) is 1. The van der Waals surface area contributed by atoms with Crippen LogP contribution in [-0.2, 0) is 0 Å². The zero-order valence-electron chi connectivity index (χ0n) is 28.4. The van der Waals surface area contributed by atoms with Gasteiger partial charge in [0.1, 0.15) is 0 Å². The standard InChI is InChI=1S/C49H36N2/c1-35-13-12-18-40(33-35)44-19-8-10-21-47(44)51-48-22-11-9-20-45(48)46-32-31-43(34-49(46)51)50(41-27-23-38(24-28-41)36-14-4-2-5-15-36)42-29-25-39(26-30-42)37-16-6-3-7-17-37/h2-34H,1H3. The van der Waals surface area contributed by atoms with Crippen molar-refractivity contribution in [3.05, 3.63) is 206 Å². The fourth-order valence-electron chi connectivity index (χ4n) is 7.40. The van der Waals surface area contributed by atoms with Crippen LogP contribution in [0.15, 0.2) is 200 Å². The normalized spacial score (nSPS) is 11.2. The molecule has 9 aromatic rings. The van der Waals surface area contributed by atoms with E-state index in [9.17, 15) is 0 Å². The quantitative estimate of drug-likeness (QED) is 0.166. The first kappa shape index (κ1) is 30.4. The van der Waals surface area contributed by atoms with Crippen LogP contribution in [-0.4, -0.2) is 4.57 Å². The van der Waals surface area contributed by atoms with Crippen molar-refractivity contribution in [1.29, 1.82) is 0 Å². The van der Waals surface area contributed by atoms with Crippen LogP contribution in [0.2, 0.25) is 0 Å². The summed E-state index contributed by atoms with van der Waals surface area (Å²) in [5.74, 6) is 0. The summed E-state index contributed by atoms with van der Waals surface area (Å²) in [4.78, 5) is 2.37. The highest BCUT2D eigenvalue weighted by atomic mass is 15.1. The Morgan fingerprint density at radius 3 is 1.51 bits per heavy atom. The van der Waals surface area contributed by atoms with Gasteiger partial charge in [-0.05, 0) is 83.3 Å². The van der Waals surface area contributed by atoms with Crippen molar-refractivity contribution in [2.24, 2.45) is 0 Å². The van der Waals surface area contributed by atoms with E-state index in [1.165, 1.54) is 60.8 Å². The molecule has 0 aliphatic rings. The molecule has 0 saturated heterocycles. The zero-order chi connectivity index (χ0) is 34.1. The Bertz CT molecular complexity index is 2530. The van der Waals surface area contributed by atoms with Crippen molar-refractivity contribution < 1.29 is 0 Å². The van der Waals surface area contributed by atoms with E-state index < -0.39 is 0 Å². The van der Waals surface area contributed by atoms with Crippen molar-refractivity contribution in [1.82, 2.24) is 4.57 Å². The lowest BCUT2D eigenvalue weighted by atomic mass is 10.0. The molecule has 1 aromatic heterocycles. The molecule has 0 bridgehead atoms. The van der Waals surface area contributed by atoms with Gasteiger partial charge in [0.05, 0.1) is 16.7 Å². The molecule has 9 rings (SSSR count). The summed E-state index contributed by atoms with van der Waals surface area (Å²) in [6.07, 6.45) is 0. The Kier molecular flexibility index (Phi) is 7.75. The van der Waals surface area contributed by atoms with Crippen LogP contribution in [0.3, 0.4) is 0 Å². The van der Waals surface area contributed by atoms with E-state index in [-0.39, 0.29) is 0 Å². The SMILES string of the molecule is Cc1cccc(-c2ccccc2-n2c3ccccc3c3ccc(N(c4ccc(-c5ccccc5)cc4)c4ccc(-c5ccccc5)cc4)cc32)c1.